The molecule has 5 heteroatoms. The number of aliphatic hydroxyl groups is 1. The molecular formula is C21H37N3O2. The van der Waals surface area contributed by atoms with Gasteiger partial charge in [0.2, 0.25) is 5.91 Å². The molecule has 0 aromatic heterocycles. The highest BCUT2D eigenvalue weighted by Gasteiger charge is 2.27. The first-order valence-electron chi connectivity index (χ1n) is 9.79. The maximum absolute atomic E-state index is 12.8. The van der Waals surface area contributed by atoms with Crippen molar-refractivity contribution in [3.8, 4) is 0 Å². The highest BCUT2D eigenvalue weighted by Crippen LogP contribution is 2.14. The number of amides is 1. The van der Waals surface area contributed by atoms with E-state index in [-0.39, 0.29) is 18.0 Å². The lowest BCUT2D eigenvalue weighted by molar-refractivity contribution is -0.124. The summed E-state index contributed by atoms with van der Waals surface area (Å²) in [7, 11) is 0. The third-order valence-electron chi connectivity index (χ3n) is 4.40. The van der Waals surface area contributed by atoms with E-state index in [2.05, 4.69) is 38.3 Å². The van der Waals surface area contributed by atoms with Crippen LogP contribution in [0.1, 0.15) is 52.5 Å². The number of nitrogens with two attached hydrogens (primary N) is 1. The molecule has 0 saturated carbocycles. The minimum Gasteiger partial charge on any atom is -0.391 e. The highest BCUT2D eigenvalue weighted by molar-refractivity contribution is 5.81. The lowest BCUT2D eigenvalue weighted by atomic mass is 9.94. The van der Waals surface area contributed by atoms with E-state index in [1.165, 1.54) is 0 Å². The monoisotopic (exact) mass is 363 g/mol. The fourth-order valence-corrected chi connectivity index (χ4v) is 3.10. The molecule has 0 aliphatic heterocycles. The Labute approximate surface area is 158 Å². The number of nitrogens with one attached hydrogen (secondary N) is 2. The summed E-state index contributed by atoms with van der Waals surface area (Å²) in [5.74, 6) is 0.782. The topological polar surface area (TPSA) is 87.4 Å². The maximum Gasteiger partial charge on any atom is 0.237 e. The molecule has 3 atom stereocenters. The largest absolute Gasteiger partial charge is 0.391 e. The van der Waals surface area contributed by atoms with E-state index in [1.54, 1.807) is 0 Å². The lowest BCUT2D eigenvalue weighted by Gasteiger charge is -2.30. The Bertz CT molecular complexity index is 505. The minimum absolute atomic E-state index is 0.0174. The van der Waals surface area contributed by atoms with Crippen LogP contribution in [0.3, 0.4) is 0 Å². The van der Waals surface area contributed by atoms with E-state index in [0.717, 1.165) is 18.4 Å². The molecule has 0 unspecified atom stereocenters. The van der Waals surface area contributed by atoms with E-state index in [1.807, 2.05) is 30.3 Å². The normalized spacial score (nSPS) is 15.1. The van der Waals surface area contributed by atoms with Crippen molar-refractivity contribution in [2.24, 2.45) is 17.6 Å². The lowest BCUT2D eigenvalue weighted by Crippen LogP contribution is -2.53. The van der Waals surface area contributed by atoms with Crippen LogP contribution in [0.4, 0.5) is 0 Å². The smallest absolute Gasteiger partial charge is 0.237 e. The Balaban J connectivity index is 2.76. The Kier molecular flexibility index (Phi) is 10.5. The second-order valence-electron chi connectivity index (χ2n) is 7.93. The van der Waals surface area contributed by atoms with Crippen molar-refractivity contribution in [1.29, 1.82) is 0 Å². The van der Waals surface area contributed by atoms with Crippen molar-refractivity contribution in [2.75, 3.05) is 6.54 Å². The molecule has 0 aliphatic carbocycles. The van der Waals surface area contributed by atoms with Crippen LogP contribution < -0.4 is 16.4 Å². The van der Waals surface area contributed by atoms with E-state index >= 15 is 0 Å². The van der Waals surface area contributed by atoms with Crippen molar-refractivity contribution in [3.63, 3.8) is 0 Å². The van der Waals surface area contributed by atoms with Gasteiger partial charge in [0.1, 0.15) is 0 Å². The molecule has 26 heavy (non-hydrogen) atoms. The fourth-order valence-electron chi connectivity index (χ4n) is 3.10. The minimum atomic E-state index is -0.543. The van der Waals surface area contributed by atoms with Crippen LogP contribution in [-0.2, 0) is 11.3 Å². The molecule has 0 radical (unpaired) electrons. The van der Waals surface area contributed by atoms with Crippen molar-refractivity contribution >= 4 is 5.91 Å². The summed E-state index contributed by atoms with van der Waals surface area (Å²) in [4.78, 5) is 12.8. The van der Waals surface area contributed by atoms with E-state index in [4.69, 9.17) is 5.73 Å². The molecule has 0 bridgehead atoms. The average Bonchev–Trinajstić information content (AvgIpc) is 2.58. The van der Waals surface area contributed by atoms with E-state index in [0.29, 0.717) is 31.3 Å². The molecular weight excluding hydrogens is 326 g/mol. The molecule has 1 aromatic carbocycles. The van der Waals surface area contributed by atoms with Crippen LogP contribution in [0.2, 0.25) is 0 Å². The second-order valence-corrected chi connectivity index (χ2v) is 7.93. The molecule has 5 nitrogen and oxygen atoms in total. The summed E-state index contributed by atoms with van der Waals surface area (Å²) in [5, 5.41) is 16.9. The Morgan fingerprint density at radius 2 is 1.69 bits per heavy atom. The predicted octanol–water partition coefficient (Wildman–Crippen LogP) is 2.43. The van der Waals surface area contributed by atoms with Gasteiger partial charge in [-0.2, -0.15) is 0 Å². The van der Waals surface area contributed by atoms with Crippen LogP contribution in [0.25, 0.3) is 0 Å². The maximum atomic E-state index is 12.8. The van der Waals surface area contributed by atoms with Gasteiger partial charge >= 0.3 is 0 Å². The summed E-state index contributed by atoms with van der Waals surface area (Å²) in [5.41, 5.74) is 6.69. The Morgan fingerprint density at radius 3 is 2.23 bits per heavy atom. The Morgan fingerprint density at radius 1 is 1.08 bits per heavy atom. The first-order valence-corrected chi connectivity index (χ1v) is 9.79. The summed E-state index contributed by atoms with van der Waals surface area (Å²) >= 11 is 0. The second kappa shape index (κ2) is 12.0. The zero-order valence-electron chi connectivity index (χ0n) is 16.7. The molecule has 1 amide bonds. The van der Waals surface area contributed by atoms with Crippen molar-refractivity contribution in [1.82, 2.24) is 10.6 Å². The van der Waals surface area contributed by atoms with Gasteiger partial charge in [-0.1, -0.05) is 58.0 Å². The average molecular weight is 364 g/mol. The van der Waals surface area contributed by atoms with Crippen LogP contribution >= 0.6 is 0 Å². The predicted molar refractivity (Wildman–Crippen MR) is 108 cm³/mol. The third kappa shape index (κ3) is 8.79. The van der Waals surface area contributed by atoms with Gasteiger partial charge in [-0.25, -0.2) is 0 Å². The fraction of sp³-hybridized carbons (Fsp3) is 0.667. The quantitative estimate of drug-likeness (QED) is 0.459. The molecule has 0 spiro atoms. The van der Waals surface area contributed by atoms with Gasteiger partial charge in [-0.05, 0) is 43.2 Å². The van der Waals surface area contributed by atoms with Crippen LogP contribution in [0, 0.1) is 11.8 Å². The number of hydrogen-bond acceptors (Lipinski definition) is 4. The molecule has 1 rings (SSSR count). The molecule has 1 aromatic rings. The molecule has 0 aliphatic rings. The van der Waals surface area contributed by atoms with E-state index < -0.39 is 6.10 Å². The zero-order chi connectivity index (χ0) is 19.5. The van der Waals surface area contributed by atoms with Gasteiger partial charge in [0.15, 0.2) is 0 Å². The zero-order valence-corrected chi connectivity index (χ0v) is 16.7. The van der Waals surface area contributed by atoms with Crippen molar-refractivity contribution in [2.45, 2.75) is 71.7 Å². The summed E-state index contributed by atoms with van der Waals surface area (Å²) in [6.45, 7) is 9.40. The molecule has 0 fully saturated rings. The molecule has 0 saturated heterocycles. The van der Waals surface area contributed by atoms with Crippen molar-refractivity contribution < 1.29 is 9.90 Å². The van der Waals surface area contributed by atoms with Crippen molar-refractivity contribution in [3.05, 3.63) is 35.9 Å². The molecule has 148 valence electrons. The number of hydrogen-bond donors (Lipinski definition) is 4. The van der Waals surface area contributed by atoms with Crippen LogP contribution in [0.15, 0.2) is 30.3 Å². The Hall–Kier alpha value is -1.43. The SMILES string of the molecule is CC(C)C[C@H](N[C@@H](CC(C)C)[C@@H](O)CCN)C(=O)NCc1ccccc1. The number of carbonyl (C=O) groups excluding carboxylic acids is 1. The van der Waals surface area contributed by atoms with Crippen LogP contribution in [-0.4, -0.2) is 35.7 Å². The van der Waals surface area contributed by atoms with Gasteiger partial charge in [0.25, 0.3) is 0 Å². The number of carbonyl (C=O) groups is 1. The number of aliphatic hydroxyl groups excluding tert-OH is 1. The van der Waals surface area contributed by atoms with Gasteiger partial charge in [0, 0.05) is 12.6 Å². The summed E-state index contributed by atoms with van der Waals surface area (Å²) in [6, 6.07) is 9.43. The first-order chi connectivity index (χ1) is 12.3. The molecule has 5 N–H and O–H groups in total. The number of benzene rings is 1. The third-order valence-corrected chi connectivity index (χ3v) is 4.40. The van der Waals surface area contributed by atoms with Gasteiger partial charge in [-0.3, -0.25) is 4.79 Å². The summed E-state index contributed by atoms with van der Waals surface area (Å²) in [6.07, 6.45) is 1.52. The number of rotatable bonds is 12. The standard InChI is InChI=1S/C21H37N3O2/c1-15(2)12-18(20(25)10-11-22)24-19(13-16(3)4)21(26)23-14-17-8-6-5-7-9-17/h5-9,15-16,18-20,24-25H,10-14,22H2,1-4H3,(H,23,26)/t18-,19-,20-/m0/s1. The highest BCUT2D eigenvalue weighted by atomic mass is 16.3. The van der Waals surface area contributed by atoms with Gasteiger partial charge in [-0.15, -0.1) is 0 Å². The first kappa shape index (κ1) is 22.6. The van der Waals surface area contributed by atoms with E-state index in [9.17, 15) is 9.90 Å². The van der Waals surface area contributed by atoms with Gasteiger partial charge < -0.3 is 21.5 Å². The van der Waals surface area contributed by atoms with Gasteiger partial charge in [0.05, 0.1) is 12.1 Å². The van der Waals surface area contributed by atoms with Crippen LogP contribution in [0.5, 0.6) is 0 Å². The summed E-state index contributed by atoms with van der Waals surface area (Å²) < 4.78 is 0. The molecule has 0 heterocycles.